The first kappa shape index (κ1) is 23.3. The van der Waals surface area contributed by atoms with Crippen LogP contribution in [0.15, 0.2) is 48.5 Å². The molecule has 2 amide bonds. The fourth-order valence-corrected chi connectivity index (χ4v) is 5.66. The van der Waals surface area contributed by atoms with Gasteiger partial charge in [-0.25, -0.2) is 9.07 Å². The lowest BCUT2D eigenvalue weighted by Gasteiger charge is -2.39. The molecule has 0 radical (unpaired) electrons. The number of anilines is 1. The van der Waals surface area contributed by atoms with Crippen LogP contribution in [-0.4, -0.2) is 34.2 Å². The summed E-state index contributed by atoms with van der Waals surface area (Å²) in [6, 6.07) is 13.0. The second kappa shape index (κ2) is 9.29. The van der Waals surface area contributed by atoms with Crippen molar-refractivity contribution in [3.63, 3.8) is 0 Å². The predicted octanol–water partition coefficient (Wildman–Crippen LogP) is 5.05. The third kappa shape index (κ3) is 4.13. The van der Waals surface area contributed by atoms with Crippen LogP contribution in [0, 0.1) is 19.7 Å². The van der Waals surface area contributed by atoms with Crippen molar-refractivity contribution in [1.29, 1.82) is 0 Å². The summed E-state index contributed by atoms with van der Waals surface area (Å²) < 4.78 is 15.9. The van der Waals surface area contributed by atoms with Crippen molar-refractivity contribution in [2.24, 2.45) is 0 Å². The van der Waals surface area contributed by atoms with Gasteiger partial charge in [-0.3, -0.25) is 14.5 Å². The Balaban J connectivity index is 1.64. The van der Waals surface area contributed by atoms with Crippen LogP contribution < -0.4 is 10.2 Å². The zero-order valence-corrected chi connectivity index (χ0v) is 20.4. The number of amides is 2. The molecular formula is C28H31FN4O2. The number of nitrogens with zero attached hydrogens (tertiary/aromatic N) is 3. The Kier molecular flexibility index (Phi) is 6.17. The summed E-state index contributed by atoms with van der Waals surface area (Å²) in [7, 11) is 0. The summed E-state index contributed by atoms with van der Waals surface area (Å²) >= 11 is 0. The molecule has 0 unspecified atom stereocenters. The maximum atomic E-state index is 14.0. The Labute approximate surface area is 205 Å². The number of benzene rings is 2. The molecule has 35 heavy (non-hydrogen) atoms. The van der Waals surface area contributed by atoms with Crippen molar-refractivity contribution in [3.8, 4) is 0 Å². The molecule has 3 aromatic rings. The summed E-state index contributed by atoms with van der Waals surface area (Å²) in [5, 5.41) is 7.95. The van der Waals surface area contributed by atoms with E-state index < -0.39 is 12.0 Å². The zero-order valence-electron chi connectivity index (χ0n) is 20.4. The highest BCUT2D eigenvalue weighted by Gasteiger charge is 2.46. The minimum absolute atomic E-state index is 0.172. The Morgan fingerprint density at radius 3 is 2.49 bits per heavy atom. The Morgan fingerprint density at radius 2 is 1.83 bits per heavy atom. The van der Waals surface area contributed by atoms with Gasteiger partial charge in [-0.2, -0.15) is 5.10 Å². The van der Waals surface area contributed by atoms with Gasteiger partial charge in [-0.05, 0) is 63.4 Å². The third-order valence-electron chi connectivity index (χ3n) is 7.32. The van der Waals surface area contributed by atoms with Crippen molar-refractivity contribution in [1.82, 2.24) is 15.1 Å². The lowest BCUT2D eigenvalue weighted by Crippen LogP contribution is -2.55. The number of fused-ring (bicyclic) bond motifs is 1. The third-order valence-corrected chi connectivity index (χ3v) is 7.32. The van der Waals surface area contributed by atoms with Crippen molar-refractivity contribution < 1.29 is 14.0 Å². The highest BCUT2D eigenvalue weighted by atomic mass is 19.1. The van der Waals surface area contributed by atoms with Crippen LogP contribution in [-0.2, 0) is 4.79 Å². The van der Waals surface area contributed by atoms with Gasteiger partial charge in [0, 0.05) is 23.6 Å². The van der Waals surface area contributed by atoms with E-state index in [-0.39, 0.29) is 23.7 Å². The second-order valence-electron chi connectivity index (χ2n) is 9.64. The van der Waals surface area contributed by atoms with Crippen LogP contribution in [0.5, 0.6) is 0 Å². The molecule has 2 aliphatic rings. The molecule has 7 heteroatoms. The summed E-state index contributed by atoms with van der Waals surface area (Å²) in [4.78, 5) is 29.0. The SMILES string of the molecule is CCN1C(=O)[C@@H](NC(=O)c2cccc(C)c2)[C@@H](c2ccc(F)cc2)c2c(C)nn(C3CCCC3)c21. The topological polar surface area (TPSA) is 67.2 Å². The molecule has 2 atom stereocenters. The Morgan fingerprint density at radius 1 is 1.11 bits per heavy atom. The summed E-state index contributed by atoms with van der Waals surface area (Å²) in [5.41, 5.74) is 4.01. The highest BCUT2D eigenvalue weighted by molar-refractivity contribution is 6.05. The molecular weight excluding hydrogens is 443 g/mol. The normalized spacial score (nSPS) is 20.2. The van der Waals surface area contributed by atoms with Gasteiger partial charge >= 0.3 is 0 Å². The number of rotatable bonds is 5. The molecule has 5 rings (SSSR count). The highest BCUT2D eigenvalue weighted by Crippen LogP contribution is 2.45. The quantitative estimate of drug-likeness (QED) is 0.563. The molecule has 1 saturated carbocycles. The van der Waals surface area contributed by atoms with E-state index in [2.05, 4.69) is 5.32 Å². The molecule has 2 heterocycles. The molecule has 0 spiro atoms. The van der Waals surface area contributed by atoms with Gasteiger partial charge in [-0.15, -0.1) is 0 Å². The first-order valence-corrected chi connectivity index (χ1v) is 12.4. The summed E-state index contributed by atoms with van der Waals surface area (Å²) in [6.45, 7) is 6.30. The van der Waals surface area contributed by atoms with Crippen LogP contribution in [0.4, 0.5) is 10.2 Å². The van der Waals surface area contributed by atoms with Crippen LogP contribution >= 0.6 is 0 Å². The predicted molar refractivity (Wildman–Crippen MR) is 133 cm³/mol. The average molecular weight is 475 g/mol. The number of aryl methyl sites for hydroxylation is 2. The van der Waals surface area contributed by atoms with Gasteiger partial charge in [0.05, 0.1) is 11.7 Å². The van der Waals surface area contributed by atoms with Gasteiger partial charge < -0.3 is 5.32 Å². The van der Waals surface area contributed by atoms with Crippen LogP contribution in [0.25, 0.3) is 0 Å². The van der Waals surface area contributed by atoms with Gasteiger partial charge in [0.1, 0.15) is 17.7 Å². The van der Waals surface area contributed by atoms with Gasteiger partial charge in [0.2, 0.25) is 0 Å². The fourth-order valence-electron chi connectivity index (χ4n) is 5.66. The number of nitrogens with one attached hydrogen (secondary N) is 1. The van der Waals surface area contributed by atoms with E-state index in [9.17, 15) is 14.0 Å². The smallest absolute Gasteiger partial charge is 0.251 e. The van der Waals surface area contributed by atoms with Gasteiger partial charge in [-0.1, -0.05) is 42.7 Å². The number of carbonyl (C=O) groups is 2. The van der Waals surface area contributed by atoms with Gasteiger partial charge in [0.25, 0.3) is 11.8 Å². The van der Waals surface area contributed by atoms with Gasteiger partial charge in [0.15, 0.2) is 0 Å². The van der Waals surface area contributed by atoms with Crippen LogP contribution in [0.2, 0.25) is 0 Å². The van der Waals surface area contributed by atoms with Crippen molar-refractivity contribution in [2.45, 2.75) is 64.5 Å². The van der Waals surface area contributed by atoms with E-state index in [1.165, 1.54) is 12.1 Å². The minimum atomic E-state index is -0.833. The van der Waals surface area contributed by atoms with Crippen LogP contribution in [0.1, 0.15) is 77.3 Å². The van der Waals surface area contributed by atoms with E-state index >= 15 is 0 Å². The maximum absolute atomic E-state index is 14.0. The first-order chi connectivity index (χ1) is 16.9. The number of hydrogen-bond donors (Lipinski definition) is 1. The molecule has 0 bridgehead atoms. The van der Waals surface area contributed by atoms with Crippen molar-refractivity contribution in [3.05, 3.63) is 82.3 Å². The molecule has 1 aliphatic carbocycles. The van der Waals surface area contributed by atoms with E-state index in [0.717, 1.165) is 53.9 Å². The number of halogens is 1. The largest absolute Gasteiger partial charge is 0.339 e. The second-order valence-corrected chi connectivity index (χ2v) is 9.64. The fraction of sp³-hybridized carbons (Fsp3) is 0.393. The summed E-state index contributed by atoms with van der Waals surface area (Å²) in [5.74, 6) is -0.471. The van der Waals surface area contributed by atoms with Crippen molar-refractivity contribution >= 4 is 17.6 Å². The van der Waals surface area contributed by atoms with E-state index in [1.807, 2.05) is 43.7 Å². The number of likely N-dealkylation sites (N-methyl/N-ethyl adjacent to an activating group) is 1. The number of carbonyl (C=O) groups excluding carboxylic acids is 2. The molecule has 6 nitrogen and oxygen atoms in total. The molecule has 1 fully saturated rings. The monoisotopic (exact) mass is 474 g/mol. The molecule has 1 N–H and O–H groups in total. The molecule has 1 aliphatic heterocycles. The standard InChI is InChI=1S/C28H31FN4O2/c1-4-32-27-23(18(3)31-33(27)22-10-5-6-11-22)24(19-12-14-21(29)15-13-19)25(28(32)35)30-26(34)20-9-7-8-17(2)16-20/h7-9,12-16,22,24-25H,4-6,10-11H2,1-3H3,(H,30,34)/t24-,25-/m0/s1. The molecule has 1 aromatic heterocycles. The number of aromatic nitrogens is 2. The molecule has 0 saturated heterocycles. The minimum Gasteiger partial charge on any atom is -0.339 e. The average Bonchev–Trinajstić information content (AvgIpc) is 3.49. The maximum Gasteiger partial charge on any atom is 0.251 e. The first-order valence-electron chi connectivity index (χ1n) is 12.4. The number of hydrogen-bond acceptors (Lipinski definition) is 3. The van der Waals surface area contributed by atoms with Crippen LogP contribution in [0.3, 0.4) is 0 Å². The molecule has 182 valence electrons. The molecule has 2 aromatic carbocycles. The van der Waals surface area contributed by atoms with E-state index in [4.69, 9.17) is 5.10 Å². The zero-order chi connectivity index (χ0) is 24.7. The lowest BCUT2D eigenvalue weighted by atomic mass is 9.81. The van der Waals surface area contributed by atoms with E-state index in [0.29, 0.717) is 12.1 Å². The lowest BCUT2D eigenvalue weighted by molar-refractivity contribution is -0.121. The summed E-state index contributed by atoms with van der Waals surface area (Å²) in [6.07, 6.45) is 4.37. The Hall–Kier alpha value is -3.48. The van der Waals surface area contributed by atoms with E-state index in [1.54, 1.807) is 23.1 Å². The Bertz CT molecular complexity index is 1260. The van der Waals surface area contributed by atoms with Crippen molar-refractivity contribution in [2.75, 3.05) is 11.4 Å².